The van der Waals surface area contributed by atoms with Crippen LogP contribution in [0.25, 0.3) is 0 Å². The first kappa shape index (κ1) is 21.2. The maximum absolute atomic E-state index is 12.2. The highest BCUT2D eigenvalue weighted by Crippen LogP contribution is 2.23. The second kappa shape index (κ2) is 8.87. The van der Waals surface area contributed by atoms with Crippen molar-refractivity contribution in [3.63, 3.8) is 0 Å². The molecule has 0 aliphatic carbocycles. The lowest BCUT2D eigenvalue weighted by molar-refractivity contribution is -0.274. The molecular weight excluding hydrogens is 403 g/mol. The fourth-order valence-corrected chi connectivity index (χ4v) is 2.62. The summed E-state index contributed by atoms with van der Waals surface area (Å²) in [5.74, 6) is -0.536. The van der Waals surface area contributed by atoms with Crippen LogP contribution in [0.4, 0.5) is 13.2 Å². The number of hydrogen-bond donors (Lipinski definition) is 3. The fourth-order valence-electron chi connectivity index (χ4n) is 2.62. The molecule has 4 N–H and O–H groups in total. The molecule has 1 amide bonds. The molecule has 10 heteroatoms. The number of hydrogen-bond acceptors (Lipinski definition) is 6. The second-order valence-electron chi connectivity index (χ2n) is 6.42. The molecule has 0 saturated heterocycles. The predicted octanol–water partition coefficient (Wildman–Crippen LogP) is 3.45. The van der Waals surface area contributed by atoms with Crippen LogP contribution in [0.15, 0.2) is 59.2 Å². The van der Waals surface area contributed by atoms with Crippen molar-refractivity contribution in [3.8, 4) is 11.5 Å². The van der Waals surface area contributed by atoms with Gasteiger partial charge in [0, 0.05) is 6.54 Å². The molecule has 0 radical (unpaired) electrons. The Morgan fingerprint density at radius 2 is 1.77 bits per heavy atom. The standard InChI is InChI=1S/C20H18F3N3O4/c21-20(22,23)30-15-7-3-13(4-8-15)10-25-18(28)17-11-29-19(26-17)16(24)9-12-1-5-14(27)6-2-12/h1-8,11,16,27H,9-10,24H2,(H,25,28). The largest absolute Gasteiger partial charge is 0.573 e. The first-order valence-corrected chi connectivity index (χ1v) is 8.81. The average Bonchev–Trinajstić information content (AvgIpc) is 3.18. The fraction of sp³-hybridized carbons (Fsp3) is 0.200. The zero-order valence-electron chi connectivity index (χ0n) is 15.5. The number of phenolic OH excluding ortho intramolecular Hbond substituents is 1. The molecule has 1 unspecified atom stereocenters. The summed E-state index contributed by atoms with van der Waals surface area (Å²) in [5, 5.41) is 11.9. The van der Waals surface area contributed by atoms with Crippen molar-refractivity contribution in [1.82, 2.24) is 10.3 Å². The molecule has 3 rings (SSSR count). The van der Waals surface area contributed by atoms with E-state index in [2.05, 4.69) is 15.0 Å². The molecule has 1 heterocycles. The Morgan fingerprint density at radius 1 is 1.13 bits per heavy atom. The van der Waals surface area contributed by atoms with Crippen molar-refractivity contribution in [1.29, 1.82) is 0 Å². The average molecular weight is 421 g/mol. The third-order valence-electron chi connectivity index (χ3n) is 4.07. The summed E-state index contributed by atoms with van der Waals surface area (Å²) >= 11 is 0. The topological polar surface area (TPSA) is 111 Å². The number of rotatable bonds is 7. The SMILES string of the molecule is NC(Cc1ccc(O)cc1)c1nc(C(=O)NCc2ccc(OC(F)(F)F)cc2)co1. The quantitative estimate of drug-likeness (QED) is 0.539. The number of carbonyl (C=O) groups excluding carboxylic acids is 1. The van der Waals surface area contributed by atoms with Crippen LogP contribution < -0.4 is 15.8 Å². The predicted molar refractivity (Wildman–Crippen MR) is 99.5 cm³/mol. The van der Waals surface area contributed by atoms with Gasteiger partial charge in [0.15, 0.2) is 5.69 Å². The van der Waals surface area contributed by atoms with Gasteiger partial charge in [-0.25, -0.2) is 4.98 Å². The van der Waals surface area contributed by atoms with E-state index in [9.17, 15) is 23.1 Å². The molecule has 0 spiro atoms. The van der Waals surface area contributed by atoms with Crippen LogP contribution in [-0.4, -0.2) is 22.4 Å². The summed E-state index contributed by atoms with van der Waals surface area (Å²) in [7, 11) is 0. The van der Waals surface area contributed by atoms with Crippen LogP contribution in [-0.2, 0) is 13.0 Å². The van der Waals surface area contributed by atoms with E-state index in [4.69, 9.17) is 10.2 Å². The van der Waals surface area contributed by atoms with Gasteiger partial charge in [0.05, 0.1) is 6.04 Å². The third kappa shape index (κ3) is 5.98. The molecule has 0 bridgehead atoms. The van der Waals surface area contributed by atoms with Crippen molar-refractivity contribution < 1.29 is 32.2 Å². The Balaban J connectivity index is 1.54. The molecule has 2 aromatic carbocycles. The van der Waals surface area contributed by atoms with Crippen LogP contribution in [0.1, 0.15) is 33.5 Å². The summed E-state index contributed by atoms with van der Waals surface area (Å²) in [6.07, 6.45) is -3.18. The number of nitrogens with zero attached hydrogens (tertiary/aromatic N) is 1. The number of benzene rings is 2. The van der Waals surface area contributed by atoms with E-state index in [-0.39, 0.29) is 29.6 Å². The number of ether oxygens (including phenoxy) is 1. The highest BCUT2D eigenvalue weighted by Gasteiger charge is 2.30. The lowest BCUT2D eigenvalue weighted by atomic mass is 10.1. The van der Waals surface area contributed by atoms with Gasteiger partial charge < -0.3 is 25.3 Å². The Kier molecular flexibility index (Phi) is 6.26. The van der Waals surface area contributed by atoms with Gasteiger partial charge in [0.1, 0.15) is 17.8 Å². The maximum atomic E-state index is 12.2. The van der Waals surface area contributed by atoms with Crippen LogP contribution in [0.2, 0.25) is 0 Å². The minimum absolute atomic E-state index is 0.0307. The molecular formula is C20H18F3N3O4. The van der Waals surface area contributed by atoms with E-state index in [0.717, 1.165) is 17.7 Å². The Hall–Kier alpha value is -3.53. The van der Waals surface area contributed by atoms with E-state index in [1.165, 1.54) is 30.5 Å². The van der Waals surface area contributed by atoms with Gasteiger partial charge in [-0.1, -0.05) is 24.3 Å². The van der Waals surface area contributed by atoms with Crippen LogP contribution in [0.3, 0.4) is 0 Å². The van der Waals surface area contributed by atoms with Crippen molar-refractivity contribution in [2.75, 3.05) is 0 Å². The molecule has 7 nitrogen and oxygen atoms in total. The van der Waals surface area contributed by atoms with Gasteiger partial charge in [-0.2, -0.15) is 0 Å². The van der Waals surface area contributed by atoms with Crippen LogP contribution in [0.5, 0.6) is 11.5 Å². The number of halogens is 3. The summed E-state index contributed by atoms with van der Waals surface area (Å²) in [6.45, 7) is 0.0763. The van der Waals surface area contributed by atoms with Gasteiger partial charge >= 0.3 is 6.36 Å². The van der Waals surface area contributed by atoms with E-state index < -0.39 is 18.3 Å². The summed E-state index contributed by atoms with van der Waals surface area (Å²) in [5.41, 5.74) is 7.53. The number of aromatic hydroxyl groups is 1. The van der Waals surface area contributed by atoms with Crippen LogP contribution >= 0.6 is 0 Å². The lowest BCUT2D eigenvalue weighted by Crippen LogP contribution is -2.23. The Bertz CT molecular complexity index is 986. The van der Waals surface area contributed by atoms with Crippen molar-refractivity contribution in [2.45, 2.75) is 25.4 Å². The molecule has 1 atom stereocenters. The lowest BCUT2D eigenvalue weighted by Gasteiger charge is -2.09. The summed E-state index contributed by atoms with van der Waals surface area (Å²) < 4.78 is 45.6. The Labute approximate surface area is 169 Å². The molecule has 0 aliphatic rings. The second-order valence-corrected chi connectivity index (χ2v) is 6.42. The first-order valence-electron chi connectivity index (χ1n) is 8.81. The smallest absolute Gasteiger partial charge is 0.508 e. The summed E-state index contributed by atoms with van der Waals surface area (Å²) in [6, 6.07) is 11.1. The van der Waals surface area contributed by atoms with Gasteiger partial charge in [-0.3, -0.25) is 4.79 Å². The highest BCUT2D eigenvalue weighted by atomic mass is 19.4. The molecule has 1 aromatic heterocycles. The number of nitrogens with one attached hydrogen (secondary N) is 1. The number of phenols is 1. The minimum atomic E-state index is -4.76. The monoisotopic (exact) mass is 421 g/mol. The maximum Gasteiger partial charge on any atom is 0.573 e. The molecule has 0 aliphatic heterocycles. The van der Waals surface area contributed by atoms with E-state index in [1.807, 2.05) is 0 Å². The summed E-state index contributed by atoms with van der Waals surface area (Å²) in [4.78, 5) is 16.3. The van der Waals surface area contributed by atoms with E-state index in [0.29, 0.717) is 12.0 Å². The van der Waals surface area contributed by atoms with Crippen molar-refractivity contribution in [2.24, 2.45) is 5.73 Å². The zero-order valence-corrected chi connectivity index (χ0v) is 15.5. The number of nitrogens with two attached hydrogens (primary N) is 1. The van der Waals surface area contributed by atoms with Crippen molar-refractivity contribution >= 4 is 5.91 Å². The number of amides is 1. The Morgan fingerprint density at radius 3 is 2.40 bits per heavy atom. The van der Waals surface area contributed by atoms with E-state index in [1.54, 1.807) is 12.1 Å². The van der Waals surface area contributed by atoms with Crippen LogP contribution in [0, 0.1) is 0 Å². The molecule has 3 aromatic rings. The number of carbonyl (C=O) groups is 1. The van der Waals surface area contributed by atoms with Gasteiger partial charge in [-0.05, 0) is 41.8 Å². The molecule has 0 fully saturated rings. The van der Waals surface area contributed by atoms with Gasteiger partial charge in [0.25, 0.3) is 5.91 Å². The molecule has 30 heavy (non-hydrogen) atoms. The van der Waals surface area contributed by atoms with Gasteiger partial charge in [-0.15, -0.1) is 13.2 Å². The molecule has 158 valence electrons. The normalized spacial score (nSPS) is 12.4. The zero-order chi connectivity index (χ0) is 21.7. The third-order valence-corrected chi connectivity index (χ3v) is 4.07. The highest BCUT2D eigenvalue weighted by molar-refractivity contribution is 5.91. The van der Waals surface area contributed by atoms with E-state index >= 15 is 0 Å². The van der Waals surface area contributed by atoms with Gasteiger partial charge in [0.2, 0.25) is 5.89 Å². The number of aromatic nitrogens is 1. The minimum Gasteiger partial charge on any atom is -0.508 e. The van der Waals surface area contributed by atoms with Crippen molar-refractivity contribution in [3.05, 3.63) is 77.5 Å². The number of alkyl halides is 3. The first-order chi connectivity index (χ1) is 14.2. The number of oxazole rings is 1. The molecule has 0 saturated carbocycles.